The van der Waals surface area contributed by atoms with Crippen molar-refractivity contribution in [2.75, 3.05) is 18.0 Å². The first-order chi connectivity index (χ1) is 9.93. The van der Waals surface area contributed by atoms with Crippen LogP contribution in [0.1, 0.15) is 45.8 Å². The zero-order valence-corrected chi connectivity index (χ0v) is 13.5. The fraction of sp³-hybridized carbons (Fsp3) is 0.647. The van der Waals surface area contributed by atoms with Crippen molar-refractivity contribution in [2.24, 2.45) is 11.7 Å². The van der Waals surface area contributed by atoms with Gasteiger partial charge < -0.3 is 20.5 Å². The van der Waals surface area contributed by atoms with Gasteiger partial charge in [0.1, 0.15) is 11.9 Å². The normalized spacial score (nSPS) is 19.6. The molecule has 0 aliphatic carbocycles. The molecule has 1 aromatic rings. The van der Waals surface area contributed by atoms with Crippen molar-refractivity contribution in [1.82, 2.24) is 0 Å². The molecule has 2 unspecified atom stereocenters. The third-order valence-corrected chi connectivity index (χ3v) is 4.14. The first-order valence-corrected chi connectivity index (χ1v) is 7.89. The highest BCUT2D eigenvalue weighted by Gasteiger charge is 2.29. The molecule has 1 aliphatic heterocycles. The van der Waals surface area contributed by atoms with Crippen molar-refractivity contribution in [2.45, 2.75) is 52.4 Å². The lowest BCUT2D eigenvalue weighted by Gasteiger charge is -2.40. The van der Waals surface area contributed by atoms with Gasteiger partial charge in [0.05, 0.1) is 18.3 Å². The van der Waals surface area contributed by atoms with Crippen molar-refractivity contribution >= 4 is 5.69 Å². The Morgan fingerprint density at radius 2 is 2.05 bits per heavy atom. The monoisotopic (exact) mass is 292 g/mol. The lowest BCUT2D eigenvalue weighted by molar-refractivity contribution is 0.142. The van der Waals surface area contributed by atoms with Crippen LogP contribution in [0.3, 0.4) is 0 Å². The van der Waals surface area contributed by atoms with Gasteiger partial charge in [-0.15, -0.1) is 0 Å². The van der Waals surface area contributed by atoms with Crippen molar-refractivity contribution in [3.05, 3.63) is 23.8 Å². The Bertz CT molecular complexity index is 474. The van der Waals surface area contributed by atoms with Crippen molar-refractivity contribution in [3.8, 4) is 5.75 Å². The van der Waals surface area contributed by atoms with Crippen LogP contribution in [0, 0.1) is 5.92 Å². The number of nitrogens with two attached hydrogens (primary N) is 1. The Hall–Kier alpha value is -1.26. The standard InChI is InChI=1S/C17H28N2O2/c1-11(2)17-10-19(12(3)4)14-9-13(15(20)7-8-18)5-6-16(14)21-17/h5-6,9,11-12,15,17,20H,7-8,10,18H2,1-4H3. The summed E-state index contributed by atoms with van der Waals surface area (Å²) < 4.78 is 6.12. The Kier molecular flexibility index (Phi) is 5.12. The van der Waals surface area contributed by atoms with Crippen molar-refractivity contribution < 1.29 is 9.84 Å². The molecule has 4 heteroatoms. The maximum absolute atomic E-state index is 10.1. The van der Waals surface area contributed by atoms with E-state index in [0.29, 0.717) is 24.9 Å². The van der Waals surface area contributed by atoms with Gasteiger partial charge >= 0.3 is 0 Å². The van der Waals surface area contributed by atoms with Crippen LogP contribution in [0.15, 0.2) is 18.2 Å². The summed E-state index contributed by atoms with van der Waals surface area (Å²) in [5.74, 6) is 1.39. The Labute approximate surface area is 127 Å². The maximum Gasteiger partial charge on any atom is 0.143 e. The third-order valence-electron chi connectivity index (χ3n) is 4.14. The second-order valence-corrected chi connectivity index (χ2v) is 6.47. The van der Waals surface area contributed by atoms with E-state index in [1.807, 2.05) is 18.2 Å². The van der Waals surface area contributed by atoms with E-state index in [4.69, 9.17) is 10.5 Å². The lowest BCUT2D eigenvalue weighted by atomic mass is 10.00. The van der Waals surface area contributed by atoms with E-state index in [9.17, 15) is 5.11 Å². The smallest absolute Gasteiger partial charge is 0.143 e. The van der Waals surface area contributed by atoms with Gasteiger partial charge in [0.25, 0.3) is 0 Å². The second kappa shape index (κ2) is 6.67. The van der Waals surface area contributed by atoms with Gasteiger partial charge in [-0.05, 0) is 50.4 Å². The van der Waals surface area contributed by atoms with Gasteiger partial charge in [-0.3, -0.25) is 0 Å². The van der Waals surface area contributed by atoms with E-state index in [0.717, 1.165) is 23.5 Å². The number of nitrogens with zero attached hydrogens (tertiary/aromatic N) is 1. The number of anilines is 1. The Morgan fingerprint density at radius 3 is 2.62 bits per heavy atom. The molecule has 1 aromatic carbocycles. The van der Waals surface area contributed by atoms with Crippen LogP contribution in [0.2, 0.25) is 0 Å². The van der Waals surface area contributed by atoms with Crippen molar-refractivity contribution in [3.63, 3.8) is 0 Å². The van der Waals surface area contributed by atoms with E-state index in [1.165, 1.54) is 0 Å². The van der Waals surface area contributed by atoms with Crippen LogP contribution in [-0.2, 0) is 0 Å². The molecule has 0 bridgehead atoms. The van der Waals surface area contributed by atoms with E-state index in [1.54, 1.807) is 0 Å². The minimum absolute atomic E-state index is 0.208. The van der Waals surface area contributed by atoms with Gasteiger partial charge in [0.2, 0.25) is 0 Å². The molecular weight excluding hydrogens is 264 g/mol. The molecule has 0 fully saturated rings. The molecule has 118 valence electrons. The number of aliphatic hydroxyl groups excluding tert-OH is 1. The van der Waals surface area contributed by atoms with Crippen molar-refractivity contribution in [1.29, 1.82) is 0 Å². The van der Waals surface area contributed by atoms with E-state index >= 15 is 0 Å². The van der Waals surface area contributed by atoms with Crippen LogP contribution in [0.25, 0.3) is 0 Å². The second-order valence-electron chi connectivity index (χ2n) is 6.47. The number of benzene rings is 1. The summed E-state index contributed by atoms with van der Waals surface area (Å²) in [5.41, 5.74) is 7.53. The molecule has 0 radical (unpaired) electrons. The van der Waals surface area contributed by atoms with Gasteiger partial charge in [-0.1, -0.05) is 19.9 Å². The Balaban J connectivity index is 2.34. The summed E-state index contributed by atoms with van der Waals surface area (Å²) in [6.07, 6.45) is 0.285. The van der Waals surface area contributed by atoms with Crippen LogP contribution >= 0.6 is 0 Å². The Morgan fingerprint density at radius 1 is 1.33 bits per heavy atom. The highest BCUT2D eigenvalue weighted by Crippen LogP contribution is 2.38. The molecule has 2 atom stereocenters. The van der Waals surface area contributed by atoms with Crippen LogP contribution < -0.4 is 15.4 Å². The van der Waals surface area contributed by atoms with Gasteiger partial charge in [-0.25, -0.2) is 0 Å². The van der Waals surface area contributed by atoms with Gasteiger partial charge in [0, 0.05) is 6.04 Å². The summed E-state index contributed by atoms with van der Waals surface area (Å²) in [6.45, 7) is 10.1. The van der Waals surface area contributed by atoms with Crippen LogP contribution in [-0.4, -0.2) is 30.3 Å². The molecule has 1 heterocycles. The predicted molar refractivity (Wildman–Crippen MR) is 86.8 cm³/mol. The summed E-state index contributed by atoms with van der Waals surface area (Å²) >= 11 is 0. The quantitative estimate of drug-likeness (QED) is 0.876. The van der Waals surface area contributed by atoms with Crippen LogP contribution in [0.4, 0.5) is 5.69 Å². The lowest BCUT2D eigenvalue weighted by Crippen LogP contribution is -2.45. The van der Waals surface area contributed by atoms with E-state index in [2.05, 4.69) is 32.6 Å². The molecule has 0 spiro atoms. The average molecular weight is 292 g/mol. The molecule has 0 aromatic heterocycles. The van der Waals surface area contributed by atoms with Gasteiger partial charge in [0.15, 0.2) is 0 Å². The van der Waals surface area contributed by atoms with E-state index < -0.39 is 6.10 Å². The fourth-order valence-corrected chi connectivity index (χ4v) is 2.72. The molecule has 1 aliphatic rings. The SMILES string of the molecule is CC(C)C1CN(C(C)C)c2cc(C(O)CCN)ccc2O1. The molecule has 21 heavy (non-hydrogen) atoms. The summed E-state index contributed by atoms with van der Waals surface area (Å²) in [7, 11) is 0. The number of fused-ring (bicyclic) bond motifs is 1. The average Bonchev–Trinajstić information content (AvgIpc) is 2.45. The fourth-order valence-electron chi connectivity index (χ4n) is 2.72. The molecule has 3 N–H and O–H groups in total. The van der Waals surface area contributed by atoms with Crippen LogP contribution in [0.5, 0.6) is 5.75 Å². The highest BCUT2D eigenvalue weighted by molar-refractivity contribution is 5.62. The number of rotatable bonds is 5. The molecule has 0 amide bonds. The minimum Gasteiger partial charge on any atom is -0.486 e. The molecule has 0 saturated carbocycles. The molecular formula is C17H28N2O2. The first kappa shape index (κ1) is 16.1. The molecule has 2 rings (SSSR count). The first-order valence-electron chi connectivity index (χ1n) is 7.89. The van der Waals surface area contributed by atoms with E-state index in [-0.39, 0.29) is 6.10 Å². The molecule has 0 saturated heterocycles. The topological polar surface area (TPSA) is 58.7 Å². The number of ether oxygens (including phenoxy) is 1. The minimum atomic E-state index is -0.503. The highest BCUT2D eigenvalue weighted by atomic mass is 16.5. The summed E-state index contributed by atoms with van der Waals surface area (Å²) in [4.78, 5) is 2.36. The number of aliphatic hydroxyl groups is 1. The summed E-state index contributed by atoms with van der Waals surface area (Å²) in [6, 6.07) is 6.37. The zero-order valence-electron chi connectivity index (χ0n) is 13.5. The molecule has 4 nitrogen and oxygen atoms in total. The summed E-state index contributed by atoms with van der Waals surface area (Å²) in [5, 5.41) is 10.1. The predicted octanol–water partition coefficient (Wildman–Crippen LogP) is 2.70. The number of hydrogen-bond donors (Lipinski definition) is 2. The third kappa shape index (κ3) is 3.50. The largest absolute Gasteiger partial charge is 0.486 e. The van der Waals surface area contributed by atoms with Gasteiger partial charge in [-0.2, -0.15) is 0 Å². The maximum atomic E-state index is 10.1. The number of hydrogen-bond acceptors (Lipinski definition) is 4. The zero-order chi connectivity index (χ0) is 15.6.